The van der Waals surface area contributed by atoms with Crippen molar-refractivity contribution in [3.63, 3.8) is 0 Å². The normalized spacial score (nSPS) is 27.3. The SMILES string of the molecule is Cc1cc(Br)c(NC2CCN3CCCC3C2)c(Br)c1. The zero-order valence-corrected chi connectivity index (χ0v) is 14.4. The minimum atomic E-state index is 0.606. The molecule has 0 amide bonds. The Hall–Kier alpha value is -0.0600. The quantitative estimate of drug-likeness (QED) is 0.800. The van der Waals surface area contributed by atoms with E-state index in [1.807, 2.05) is 0 Å². The lowest BCUT2D eigenvalue weighted by atomic mass is 9.97. The molecule has 2 heterocycles. The molecule has 2 fully saturated rings. The summed E-state index contributed by atoms with van der Waals surface area (Å²) < 4.78 is 2.32. The summed E-state index contributed by atoms with van der Waals surface area (Å²) in [5, 5.41) is 3.74. The smallest absolute Gasteiger partial charge is 0.0631 e. The summed E-state index contributed by atoms with van der Waals surface area (Å²) in [5.74, 6) is 0. The lowest BCUT2D eigenvalue weighted by Crippen LogP contribution is -2.42. The highest BCUT2D eigenvalue weighted by Gasteiger charge is 2.31. The summed E-state index contributed by atoms with van der Waals surface area (Å²) in [5.41, 5.74) is 2.48. The topological polar surface area (TPSA) is 15.3 Å². The van der Waals surface area contributed by atoms with E-state index in [-0.39, 0.29) is 0 Å². The molecule has 2 unspecified atom stereocenters. The molecule has 1 N–H and O–H groups in total. The maximum atomic E-state index is 3.74. The van der Waals surface area contributed by atoms with Crippen LogP contribution in [0.4, 0.5) is 5.69 Å². The van der Waals surface area contributed by atoms with E-state index in [0.29, 0.717) is 6.04 Å². The van der Waals surface area contributed by atoms with Crippen LogP contribution in [0, 0.1) is 6.92 Å². The molecule has 2 nitrogen and oxygen atoms in total. The number of hydrogen-bond acceptors (Lipinski definition) is 2. The molecule has 0 aliphatic carbocycles. The Balaban J connectivity index is 1.72. The number of fused-ring (bicyclic) bond motifs is 1. The first kappa shape index (κ1) is 13.9. The van der Waals surface area contributed by atoms with Crippen molar-refractivity contribution in [2.24, 2.45) is 0 Å². The van der Waals surface area contributed by atoms with Gasteiger partial charge in [0.15, 0.2) is 0 Å². The van der Waals surface area contributed by atoms with Gasteiger partial charge in [-0.15, -0.1) is 0 Å². The Bertz CT molecular complexity index is 452. The lowest BCUT2D eigenvalue weighted by molar-refractivity contribution is 0.188. The molecule has 0 radical (unpaired) electrons. The van der Waals surface area contributed by atoms with Crippen LogP contribution in [0.15, 0.2) is 21.1 Å². The Morgan fingerprint density at radius 2 is 1.89 bits per heavy atom. The van der Waals surface area contributed by atoms with Gasteiger partial charge >= 0.3 is 0 Å². The standard InChI is InChI=1S/C15H20Br2N2/c1-10-7-13(16)15(14(17)8-10)18-11-4-6-19-5-2-3-12(19)9-11/h7-8,11-12,18H,2-6,9H2,1H3. The van der Waals surface area contributed by atoms with Gasteiger partial charge in [0.2, 0.25) is 0 Å². The molecule has 19 heavy (non-hydrogen) atoms. The second kappa shape index (κ2) is 5.74. The van der Waals surface area contributed by atoms with Gasteiger partial charge in [0.25, 0.3) is 0 Å². The number of benzene rings is 1. The maximum Gasteiger partial charge on any atom is 0.0631 e. The van der Waals surface area contributed by atoms with Crippen molar-refractivity contribution in [2.45, 2.75) is 44.7 Å². The minimum absolute atomic E-state index is 0.606. The molecule has 0 spiro atoms. The van der Waals surface area contributed by atoms with Crippen LogP contribution < -0.4 is 5.32 Å². The van der Waals surface area contributed by atoms with E-state index in [0.717, 1.165) is 15.0 Å². The molecule has 104 valence electrons. The fourth-order valence-electron chi connectivity index (χ4n) is 3.40. The van der Waals surface area contributed by atoms with Crippen molar-refractivity contribution < 1.29 is 0 Å². The van der Waals surface area contributed by atoms with E-state index in [1.54, 1.807) is 0 Å². The number of hydrogen-bond donors (Lipinski definition) is 1. The molecule has 0 bridgehead atoms. The number of anilines is 1. The molecular formula is C15H20Br2N2. The van der Waals surface area contributed by atoms with E-state index in [9.17, 15) is 0 Å². The monoisotopic (exact) mass is 386 g/mol. The van der Waals surface area contributed by atoms with Crippen LogP contribution in [0.2, 0.25) is 0 Å². The zero-order chi connectivity index (χ0) is 13.4. The summed E-state index contributed by atoms with van der Waals surface area (Å²) >= 11 is 7.36. The second-order valence-electron chi connectivity index (χ2n) is 5.80. The van der Waals surface area contributed by atoms with Gasteiger partial charge in [-0.25, -0.2) is 0 Å². The second-order valence-corrected chi connectivity index (χ2v) is 7.51. The number of nitrogens with one attached hydrogen (secondary N) is 1. The first-order chi connectivity index (χ1) is 9.13. The van der Waals surface area contributed by atoms with Crippen LogP contribution >= 0.6 is 31.9 Å². The lowest BCUT2D eigenvalue weighted by Gasteiger charge is -2.36. The highest BCUT2D eigenvalue weighted by Crippen LogP contribution is 2.35. The van der Waals surface area contributed by atoms with Gasteiger partial charge in [0, 0.05) is 27.6 Å². The minimum Gasteiger partial charge on any atom is -0.380 e. The summed E-state index contributed by atoms with van der Waals surface area (Å²) in [6.45, 7) is 4.69. The fraction of sp³-hybridized carbons (Fsp3) is 0.600. The number of rotatable bonds is 2. The average molecular weight is 388 g/mol. The third-order valence-electron chi connectivity index (χ3n) is 4.36. The molecule has 0 aromatic heterocycles. The van der Waals surface area contributed by atoms with Crippen LogP contribution in [0.25, 0.3) is 0 Å². The fourth-order valence-corrected chi connectivity index (χ4v) is 5.04. The van der Waals surface area contributed by atoms with Gasteiger partial charge in [-0.2, -0.15) is 0 Å². The highest BCUT2D eigenvalue weighted by molar-refractivity contribution is 9.11. The molecule has 4 heteroatoms. The van der Waals surface area contributed by atoms with Crippen LogP contribution in [0.1, 0.15) is 31.2 Å². The predicted octanol–water partition coefficient (Wildman–Crippen LogP) is 4.56. The van der Waals surface area contributed by atoms with Gasteiger partial charge in [-0.1, -0.05) is 0 Å². The van der Waals surface area contributed by atoms with Crippen molar-refractivity contribution in [1.82, 2.24) is 4.90 Å². The van der Waals surface area contributed by atoms with Crippen LogP contribution in [0.5, 0.6) is 0 Å². The third kappa shape index (κ3) is 3.01. The van der Waals surface area contributed by atoms with E-state index in [4.69, 9.17) is 0 Å². The Kier molecular flexibility index (Phi) is 4.20. The Labute approximate surface area is 132 Å². The van der Waals surface area contributed by atoms with Crippen molar-refractivity contribution >= 4 is 37.5 Å². The summed E-state index contributed by atoms with van der Waals surface area (Å²) in [6, 6.07) is 5.78. The summed E-state index contributed by atoms with van der Waals surface area (Å²) in [4.78, 5) is 2.66. The molecule has 2 atom stereocenters. The van der Waals surface area contributed by atoms with Crippen molar-refractivity contribution in [3.05, 3.63) is 26.6 Å². The van der Waals surface area contributed by atoms with E-state index < -0.39 is 0 Å². The van der Waals surface area contributed by atoms with E-state index >= 15 is 0 Å². The number of aryl methyl sites for hydroxylation is 1. The molecule has 2 aliphatic rings. The Morgan fingerprint density at radius 1 is 1.16 bits per heavy atom. The largest absolute Gasteiger partial charge is 0.380 e. The molecule has 2 saturated heterocycles. The average Bonchev–Trinajstić information content (AvgIpc) is 2.81. The van der Waals surface area contributed by atoms with Crippen molar-refractivity contribution in [3.8, 4) is 0 Å². The zero-order valence-electron chi connectivity index (χ0n) is 11.3. The molecule has 0 saturated carbocycles. The van der Waals surface area contributed by atoms with E-state index in [1.165, 1.54) is 50.0 Å². The number of halogens is 2. The molecule has 1 aromatic carbocycles. The molecular weight excluding hydrogens is 368 g/mol. The van der Waals surface area contributed by atoms with Gasteiger partial charge in [-0.3, -0.25) is 0 Å². The van der Waals surface area contributed by atoms with Gasteiger partial charge < -0.3 is 10.2 Å². The van der Waals surface area contributed by atoms with Gasteiger partial charge in [0.05, 0.1) is 5.69 Å². The first-order valence-electron chi connectivity index (χ1n) is 7.09. The van der Waals surface area contributed by atoms with Gasteiger partial charge in [-0.05, 0) is 88.7 Å². The number of piperidine rings is 1. The van der Waals surface area contributed by atoms with E-state index in [2.05, 4.69) is 61.1 Å². The van der Waals surface area contributed by atoms with Crippen LogP contribution in [-0.2, 0) is 0 Å². The summed E-state index contributed by atoms with van der Waals surface area (Å²) in [7, 11) is 0. The predicted molar refractivity (Wildman–Crippen MR) is 87.8 cm³/mol. The highest BCUT2D eigenvalue weighted by atomic mass is 79.9. The van der Waals surface area contributed by atoms with Gasteiger partial charge in [0.1, 0.15) is 0 Å². The number of nitrogens with zero attached hydrogens (tertiary/aromatic N) is 1. The molecule has 3 rings (SSSR count). The molecule has 2 aliphatic heterocycles. The van der Waals surface area contributed by atoms with Crippen LogP contribution in [-0.4, -0.2) is 30.1 Å². The van der Waals surface area contributed by atoms with Crippen molar-refractivity contribution in [1.29, 1.82) is 0 Å². The van der Waals surface area contributed by atoms with Crippen molar-refractivity contribution in [2.75, 3.05) is 18.4 Å². The van der Waals surface area contributed by atoms with Crippen LogP contribution in [0.3, 0.4) is 0 Å². The summed E-state index contributed by atoms with van der Waals surface area (Å²) in [6.07, 6.45) is 5.31. The maximum absolute atomic E-state index is 3.74. The third-order valence-corrected chi connectivity index (χ3v) is 5.61. The Morgan fingerprint density at radius 3 is 2.63 bits per heavy atom. The first-order valence-corrected chi connectivity index (χ1v) is 8.68. The molecule has 1 aromatic rings.